The van der Waals surface area contributed by atoms with Crippen LogP contribution in [-0.4, -0.2) is 13.7 Å². The fourth-order valence-corrected chi connectivity index (χ4v) is 0.519. The van der Waals surface area contributed by atoms with Crippen LogP contribution in [0.15, 0.2) is 24.0 Å². The molecule has 0 spiro atoms. The van der Waals surface area contributed by atoms with Crippen LogP contribution in [0.4, 0.5) is 0 Å². The summed E-state index contributed by atoms with van der Waals surface area (Å²) in [6.45, 7) is 5.94. The van der Waals surface area contributed by atoms with Crippen LogP contribution in [0, 0.1) is 12.8 Å². The maximum atomic E-state index is 5.33. The lowest BCUT2D eigenvalue weighted by Crippen LogP contribution is -2.06. The first-order valence-corrected chi connectivity index (χ1v) is 3.15. The first kappa shape index (κ1) is 12.5. The minimum absolute atomic E-state index is 0.439. The van der Waals surface area contributed by atoms with Gasteiger partial charge in [0.15, 0.2) is 0 Å². The van der Waals surface area contributed by atoms with Crippen molar-refractivity contribution in [1.29, 1.82) is 0 Å². The number of nitrogens with two attached hydrogens (primary N) is 1. The Bertz CT molecular complexity index is 150. The fourth-order valence-electron chi connectivity index (χ4n) is 0.519. The van der Waals surface area contributed by atoms with Gasteiger partial charge in [0.1, 0.15) is 5.76 Å². The number of terminal acetylenes is 1. The van der Waals surface area contributed by atoms with Crippen LogP contribution in [-0.2, 0) is 4.74 Å². The summed E-state index contributed by atoms with van der Waals surface area (Å²) < 4.78 is 4.94. The third-order valence-corrected chi connectivity index (χ3v) is 1.18. The lowest BCUT2D eigenvalue weighted by atomic mass is 10.2. The third kappa shape index (κ3) is 5.25. The molecule has 0 atom stereocenters. The van der Waals surface area contributed by atoms with E-state index in [1.54, 1.807) is 13.2 Å². The Labute approximate surface area is 68.7 Å². The number of rotatable bonds is 3. The van der Waals surface area contributed by atoms with Gasteiger partial charge in [-0.1, -0.05) is 12.7 Å². The first-order valence-electron chi connectivity index (χ1n) is 3.15. The molecule has 0 aromatic rings. The second-order valence-electron chi connectivity index (χ2n) is 1.72. The molecule has 0 aromatic heterocycles. The van der Waals surface area contributed by atoms with E-state index in [0.29, 0.717) is 6.54 Å². The molecule has 62 valence electrons. The van der Waals surface area contributed by atoms with Crippen LogP contribution >= 0.6 is 0 Å². The highest BCUT2D eigenvalue weighted by Gasteiger charge is 1.93. The van der Waals surface area contributed by atoms with Crippen LogP contribution in [0.1, 0.15) is 6.92 Å². The van der Waals surface area contributed by atoms with Gasteiger partial charge in [-0.15, -0.1) is 12.8 Å². The summed E-state index contributed by atoms with van der Waals surface area (Å²) in [5.74, 6) is 0.796. The van der Waals surface area contributed by atoms with Crippen molar-refractivity contribution in [3.05, 3.63) is 24.0 Å². The number of allylic oxidation sites excluding steroid dienone is 2. The molecule has 0 bridgehead atoms. The van der Waals surface area contributed by atoms with Crippen LogP contribution in [0.5, 0.6) is 0 Å². The van der Waals surface area contributed by atoms with Crippen LogP contribution in [0.2, 0.25) is 0 Å². The summed E-state index contributed by atoms with van der Waals surface area (Å²) in [5, 5.41) is 0. The van der Waals surface area contributed by atoms with Gasteiger partial charge < -0.3 is 10.5 Å². The molecule has 0 rings (SSSR count). The Balaban J connectivity index is 0. The Hall–Kier alpha value is -1.20. The molecule has 0 fully saturated rings. The Kier molecular flexibility index (Phi) is 9.98. The number of hydrogen-bond donors (Lipinski definition) is 1. The zero-order valence-electron chi connectivity index (χ0n) is 7.13. The predicted molar refractivity (Wildman–Crippen MR) is 48.9 cm³/mol. The van der Waals surface area contributed by atoms with E-state index >= 15 is 0 Å². The van der Waals surface area contributed by atoms with Crippen molar-refractivity contribution in [3.63, 3.8) is 0 Å². The van der Waals surface area contributed by atoms with Crippen molar-refractivity contribution in [2.24, 2.45) is 5.73 Å². The number of ether oxygens (including phenoxy) is 1. The average molecular weight is 153 g/mol. The molecule has 2 nitrogen and oxygen atoms in total. The SMILES string of the molecule is C#C.C=C/C(C)=C(/CN)OC. The van der Waals surface area contributed by atoms with E-state index in [0.717, 1.165) is 11.3 Å². The molecule has 2 heteroatoms. The number of hydrogen-bond acceptors (Lipinski definition) is 2. The molecular formula is C9H15NO. The molecule has 0 amide bonds. The van der Waals surface area contributed by atoms with E-state index in [9.17, 15) is 0 Å². The van der Waals surface area contributed by atoms with Crippen molar-refractivity contribution < 1.29 is 4.74 Å². The molecule has 2 N–H and O–H groups in total. The predicted octanol–water partition coefficient (Wildman–Crippen LogP) is 1.30. The van der Waals surface area contributed by atoms with Crippen molar-refractivity contribution in [1.82, 2.24) is 0 Å². The molecule has 0 saturated heterocycles. The minimum atomic E-state index is 0.439. The summed E-state index contributed by atoms with van der Waals surface area (Å²) in [6, 6.07) is 0. The van der Waals surface area contributed by atoms with Crippen molar-refractivity contribution in [2.75, 3.05) is 13.7 Å². The van der Waals surface area contributed by atoms with Crippen LogP contribution in [0.25, 0.3) is 0 Å². The van der Waals surface area contributed by atoms with Gasteiger partial charge in [0.05, 0.1) is 13.7 Å². The first-order chi connectivity index (χ1) is 5.26. The van der Waals surface area contributed by atoms with E-state index in [4.69, 9.17) is 10.5 Å². The maximum Gasteiger partial charge on any atom is 0.112 e. The quantitative estimate of drug-likeness (QED) is 0.377. The molecule has 0 radical (unpaired) electrons. The van der Waals surface area contributed by atoms with E-state index in [2.05, 4.69) is 19.4 Å². The summed E-state index contributed by atoms with van der Waals surface area (Å²) in [5.41, 5.74) is 6.33. The molecule has 0 aliphatic heterocycles. The Morgan fingerprint density at radius 2 is 2.09 bits per heavy atom. The molecule has 0 aliphatic rings. The van der Waals surface area contributed by atoms with Gasteiger partial charge in [-0.3, -0.25) is 0 Å². The normalized spacial score (nSPS) is 10.3. The fraction of sp³-hybridized carbons (Fsp3) is 0.333. The minimum Gasteiger partial charge on any atom is -0.499 e. The lowest BCUT2D eigenvalue weighted by molar-refractivity contribution is 0.283. The second kappa shape index (κ2) is 8.80. The summed E-state index contributed by atoms with van der Waals surface area (Å²) in [4.78, 5) is 0. The number of methoxy groups -OCH3 is 1. The lowest BCUT2D eigenvalue weighted by Gasteiger charge is -2.03. The van der Waals surface area contributed by atoms with Crippen molar-refractivity contribution in [2.45, 2.75) is 6.92 Å². The highest BCUT2D eigenvalue weighted by molar-refractivity contribution is 5.18. The molecular weight excluding hydrogens is 138 g/mol. The molecule has 0 unspecified atom stereocenters. The maximum absolute atomic E-state index is 5.33. The Morgan fingerprint density at radius 3 is 2.18 bits per heavy atom. The van der Waals surface area contributed by atoms with E-state index in [1.165, 1.54) is 0 Å². The van der Waals surface area contributed by atoms with Gasteiger partial charge in [-0.2, -0.15) is 0 Å². The van der Waals surface area contributed by atoms with E-state index < -0.39 is 0 Å². The van der Waals surface area contributed by atoms with Crippen molar-refractivity contribution >= 4 is 0 Å². The van der Waals surface area contributed by atoms with Gasteiger partial charge >= 0.3 is 0 Å². The smallest absolute Gasteiger partial charge is 0.112 e. The monoisotopic (exact) mass is 153 g/mol. The summed E-state index contributed by atoms with van der Waals surface area (Å²) >= 11 is 0. The van der Waals surface area contributed by atoms with E-state index in [1.807, 2.05) is 6.92 Å². The summed E-state index contributed by atoms with van der Waals surface area (Å²) in [7, 11) is 1.61. The summed E-state index contributed by atoms with van der Waals surface area (Å²) in [6.07, 6.45) is 9.73. The van der Waals surface area contributed by atoms with Gasteiger partial charge in [0.2, 0.25) is 0 Å². The van der Waals surface area contributed by atoms with Gasteiger partial charge in [-0.25, -0.2) is 0 Å². The second-order valence-corrected chi connectivity index (χ2v) is 1.72. The third-order valence-electron chi connectivity index (χ3n) is 1.18. The van der Waals surface area contributed by atoms with Gasteiger partial charge in [0, 0.05) is 0 Å². The molecule has 0 saturated carbocycles. The van der Waals surface area contributed by atoms with Crippen molar-refractivity contribution in [3.8, 4) is 12.8 Å². The van der Waals surface area contributed by atoms with Gasteiger partial charge in [-0.05, 0) is 12.5 Å². The highest BCUT2D eigenvalue weighted by atomic mass is 16.5. The standard InChI is InChI=1S/C7H13NO.C2H2/c1-4-6(2)7(5-8)9-3;1-2/h4H,1,5,8H2,2-3H3;1-2H/b7-6-;. The molecule has 0 heterocycles. The molecule has 11 heavy (non-hydrogen) atoms. The molecule has 0 aliphatic carbocycles. The zero-order valence-corrected chi connectivity index (χ0v) is 7.13. The van der Waals surface area contributed by atoms with Crippen LogP contribution in [0.3, 0.4) is 0 Å². The largest absolute Gasteiger partial charge is 0.499 e. The van der Waals surface area contributed by atoms with E-state index in [-0.39, 0.29) is 0 Å². The average Bonchev–Trinajstić information content (AvgIpc) is 2.10. The topological polar surface area (TPSA) is 35.2 Å². The molecule has 0 aromatic carbocycles. The zero-order chi connectivity index (χ0) is 9.28. The Morgan fingerprint density at radius 1 is 1.64 bits per heavy atom. The van der Waals surface area contributed by atoms with Gasteiger partial charge in [0.25, 0.3) is 0 Å². The highest BCUT2D eigenvalue weighted by Crippen LogP contribution is 2.02. The van der Waals surface area contributed by atoms with Crippen LogP contribution < -0.4 is 5.73 Å².